The fraction of sp³-hybridized carbons (Fsp3) is 0.130. The Bertz CT molecular complexity index is 875. The minimum Gasteiger partial charge on any atom is -0.294 e. The molecule has 2 atom stereocenters. The van der Waals surface area contributed by atoms with Gasteiger partial charge in [-0.25, -0.2) is 0 Å². The molecule has 1 saturated carbocycles. The molecule has 1 aliphatic carbocycles. The molecule has 0 radical (unpaired) electrons. The Hall–Kier alpha value is -2.71. The molecule has 0 bridgehead atoms. The van der Waals surface area contributed by atoms with Gasteiger partial charge in [-0.05, 0) is 17.7 Å². The quantitative estimate of drug-likeness (QED) is 0.568. The zero-order chi connectivity index (χ0) is 18.1. The summed E-state index contributed by atoms with van der Waals surface area (Å²) >= 11 is 5.99. The smallest absolute Gasteiger partial charge is 0.167 e. The number of halogens is 1. The molecular formula is C23H17ClO2. The third-order valence-corrected chi connectivity index (χ3v) is 5.25. The second-order valence-electron chi connectivity index (χ2n) is 6.59. The highest BCUT2D eigenvalue weighted by Gasteiger charge is 2.59. The maximum atomic E-state index is 13.0. The van der Waals surface area contributed by atoms with Crippen LogP contribution in [0.3, 0.4) is 0 Å². The van der Waals surface area contributed by atoms with Gasteiger partial charge in [0.2, 0.25) is 0 Å². The normalized spacial score (nSPS) is 21.2. The van der Waals surface area contributed by atoms with E-state index in [9.17, 15) is 9.59 Å². The van der Waals surface area contributed by atoms with Crippen molar-refractivity contribution < 1.29 is 9.59 Å². The first-order valence-corrected chi connectivity index (χ1v) is 8.98. The number of carbonyl (C=O) groups is 2. The van der Waals surface area contributed by atoms with Crippen molar-refractivity contribution in [1.29, 1.82) is 0 Å². The van der Waals surface area contributed by atoms with Crippen LogP contribution in [-0.2, 0) is 0 Å². The van der Waals surface area contributed by atoms with Gasteiger partial charge >= 0.3 is 0 Å². The van der Waals surface area contributed by atoms with Crippen molar-refractivity contribution in [1.82, 2.24) is 0 Å². The third-order valence-electron chi connectivity index (χ3n) is 5.00. The molecule has 1 aliphatic rings. The molecule has 0 spiro atoms. The molecule has 4 rings (SSSR count). The third kappa shape index (κ3) is 3.09. The molecule has 0 saturated heterocycles. The first kappa shape index (κ1) is 16.7. The van der Waals surface area contributed by atoms with Crippen LogP contribution in [0.25, 0.3) is 0 Å². The van der Waals surface area contributed by atoms with Gasteiger partial charge in [0.15, 0.2) is 11.6 Å². The summed E-state index contributed by atoms with van der Waals surface area (Å²) in [7, 11) is 0. The number of rotatable bonds is 5. The van der Waals surface area contributed by atoms with Crippen LogP contribution in [0, 0.1) is 11.8 Å². The lowest BCUT2D eigenvalue weighted by Gasteiger charge is -2.01. The monoisotopic (exact) mass is 360 g/mol. The van der Waals surface area contributed by atoms with Gasteiger partial charge in [0.25, 0.3) is 0 Å². The summed E-state index contributed by atoms with van der Waals surface area (Å²) in [5.74, 6) is -0.704. The summed E-state index contributed by atoms with van der Waals surface area (Å²) in [6.07, 6.45) is 0. The van der Waals surface area contributed by atoms with Crippen LogP contribution in [0.2, 0.25) is 5.02 Å². The molecule has 3 heteroatoms. The van der Waals surface area contributed by atoms with Crippen molar-refractivity contribution in [2.75, 3.05) is 0 Å². The molecule has 0 amide bonds. The molecule has 128 valence electrons. The average Bonchev–Trinajstić information content (AvgIpc) is 3.44. The van der Waals surface area contributed by atoms with Crippen LogP contribution >= 0.6 is 11.6 Å². The topological polar surface area (TPSA) is 34.1 Å². The molecule has 3 aromatic carbocycles. The Balaban J connectivity index is 1.68. The van der Waals surface area contributed by atoms with Gasteiger partial charge in [0.1, 0.15) is 0 Å². The predicted octanol–water partition coefficient (Wildman–Crippen LogP) is 5.44. The largest absolute Gasteiger partial charge is 0.294 e. The zero-order valence-corrected chi connectivity index (χ0v) is 14.8. The number of carbonyl (C=O) groups excluding carboxylic acids is 2. The Labute approximate surface area is 157 Å². The number of hydrogen-bond acceptors (Lipinski definition) is 2. The van der Waals surface area contributed by atoms with Crippen LogP contribution < -0.4 is 0 Å². The molecule has 0 N–H and O–H groups in total. The van der Waals surface area contributed by atoms with Crippen LogP contribution in [-0.4, -0.2) is 11.6 Å². The number of ketones is 2. The van der Waals surface area contributed by atoms with E-state index in [1.54, 1.807) is 0 Å². The van der Waals surface area contributed by atoms with E-state index >= 15 is 0 Å². The lowest BCUT2D eigenvalue weighted by atomic mass is 10.0. The van der Waals surface area contributed by atoms with E-state index in [1.165, 1.54) is 0 Å². The van der Waals surface area contributed by atoms with Crippen molar-refractivity contribution >= 4 is 23.2 Å². The number of benzene rings is 3. The van der Waals surface area contributed by atoms with E-state index in [0.717, 1.165) is 5.56 Å². The van der Waals surface area contributed by atoms with Crippen molar-refractivity contribution in [3.8, 4) is 0 Å². The van der Waals surface area contributed by atoms with Crippen LogP contribution in [0.1, 0.15) is 32.2 Å². The summed E-state index contributed by atoms with van der Waals surface area (Å²) in [6.45, 7) is 0. The van der Waals surface area contributed by atoms with Crippen molar-refractivity contribution in [3.05, 3.63) is 107 Å². The lowest BCUT2D eigenvalue weighted by molar-refractivity contribution is 0.0906. The summed E-state index contributed by atoms with van der Waals surface area (Å²) in [5, 5.41) is 0.645. The van der Waals surface area contributed by atoms with Crippen LogP contribution in [0.15, 0.2) is 84.9 Å². The van der Waals surface area contributed by atoms with Gasteiger partial charge in [-0.1, -0.05) is 84.4 Å². The summed E-state index contributed by atoms with van der Waals surface area (Å²) in [6, 6.07) is 25.8. The lowest BCUT2D eigenvalue weighted by Crippen LogP contribution is -2.09. The molecule has 26 heavy (non-hydrogen) atoms. The molecule has 1 fully saturated rings. The van der Waals surface area contributed by atoms with Gasteiger partial charge in [-0.3, -0.25) is 9.59 Å². The fourth-order valence-corrected chi connectivity index (χ4v) is 3.78. The van der Waals surface area contributed by atoms with Crippen molar-refractivity contribution in [3.63, 3.8) is 0 Å². The number of hydrogen-bond donors (Lipinski definition) is 0. The SMILES string of the molecule is O=C(c1ccccc1)[C@H]1C(c2ccc(Cl)cc2)[C@@H]1C(=O)c1ccccc1. The van der Waals surface area contributed by atoms with E-state index in [1.807, 2.05) is 84.9 Å². The standard InChI is InChI=1S/C23H17ClO2/c24-18-13-11-15(12-14-18)19-20(22(25)16-7-3-1-4-8-16)21(19)23(26)17-9-5-2-6-10-17/h1-14,19-21H/t20-,21-/m0/s1. The highest BCUT2D eigenvalue weighted by molar-refractivity contribution is 6.30. The van der Waals surface area contributed by atoms with Crippen LogP contribution in [0.4, 0.5) is 0 Å². The Morgan fingerprint density at radius 2 is 1.04 bits per heavy atom. The Morgan fingerprint density at radius 3 is 1.46 bits per heavy atom. The summed E-state index contributed by atoms with van der Waals surface area (Å²) in [4.78, 5) is 26.1. The minimum absolute atomic E-state index is 0.0276. The highest BCUT2D eigenvalue weighted by Crippen LogP contribution is 2.56. The maximum Gasteiger partial charge on any atom is 0.167 e. The first-order chi connectivity index (χ1) is 12.7. The Kier molecular flexibility index (Phi) is 4.44. The van der Waals surface area contributed by atoms with Gasteiger partial charge < -0.3 is 0 Å². The number of Topliss-reactive ketones (excluding diaryl/α,β-unsaturated/α-hetero) is 2. The van der Waals surface area contributed by atoms with E-state index in [0.29, 0.717) is 16.1 Å². The van der Waals surface area contributed by atoms with E-state index in [-0.39, 0.29) is 29.3 Å². The van der Waals surface area contributed by atoms with Gasteiger partial charge in [0, 0.05) is 33.9 Å². The molecule has 0 aromatic heterocycles. The molecular weight excluding hydrogens is 344 g/mol. The van der Waals surface area contributed by atoms with Crippen molar-refractivity contribution in [2.45, 2.75) is 5.92 Å². The molecule has 2 nitrogen and oxygen atoms in total. The summed E-state index contributed by atoms with van der Waals surface area (Å²) < 4.78 is 0. The predicted molar refractivity (Wildman–Crippen MR) is 103 cm³/mol. The Morgan fingerprint density at radius 1 is 0.615 bits per heavy atom. The van der Waals surface area contributed by atoms with E-state index in [2.05, 4.69) is 0 Å². The van der Waals surface area contributed by atoms with Crippen molar-refractivity contribution in [2.24, 2.45) is 11.8 Å². The second-order valence-corrected chi connectivity index (χ2v) is 7.03. The average molecular weight is 361 g/mol. The molecule has 0 heterocycles. The maximum absolute atomic E-state index is 13.0. The second kappa shape index (κ2) is 6.89. The van der Waals surface area contributed by atoms with Gasteiger partial charge in [-0.15, -0.1) is 0 Å². The zero-order valence-electron chi connectivity index (χ0n) is 14.0. The van der Waals surface area contributed by atoms with Gasteiger partial charge in [0.05, 0.1) is 0 Å². The molecule has 0 aliphatic heterocycles. The highest BCUT2D eigenvalue weighted by atomic mass is 35.5. The minimum atomic E-state index is -0.328. The summed E-state index contributed by atoms with van der Waals surface area (Å²) in [5.41, 5.74) is 2.29. The first-order valence-electron chi connectivity index (χ1n) is 8.61. The van der Waals surface area contributed by atoms with Gasteiger partial charge in [-0.2, -0.15) is 0 Å². The fourth-order valence-electron chi connectivity index (χ4n) is 3.65. The molecule has 0 unspecified atom stereocenters. The van der Waals surface area contributed by atoms with E-state index in [4.69, 9.17) is 11.6 Å². The van der Waals surface area contributed by atoms with Crippen LogP contribution in [0.5, 0.6) is 0 Å². The molecule has 3 aromatic rings. The van der Waals surface area contributed by atoms with E-state index < -0.39 is 0 Å².